The summed E-state index contributed by atoms with van der Waals surface area (Å²) in [6, 6.07) is 0. The monoisotopic (exact) mass is 556 g/mol. The lowest BCUT2D eigenvalue weighted by molar-refractivity contribution is -0.137. The Kier molecular flexibility index (Phi) is 18.6. The molecule has 0 bridgehead atoms. The molecule has 2 amide bonds. The van der Waals surface area contributed by atoms with Crippen molar-refractivity contribution in [3.63, 3.8) is 0 Å². The van der Waals surface area contributed by atoms with Gasteiger partial charge in [0.1, 0.15) is 6.10 Å². The molecule has 0 spiro atoms. The summed E-state index contributed by atoms with van der Waals surface area (Å²) in [6.07, 6.45) is 6.50. The van der Waals surface area contributed by atoms with Crippen LogP contribution in [0.1, 0.15) is 85.0 Å². The van der Waals surface area contributed by atoms with E-state index in [-0.39, 0.29) is 37.0 Å². The molecule has 0 heterocycles. The second-order valence-corrected chi connectivity index (χ2v) is 11.9. The highest BCUT2D eigenvalue weighted by atomic mass is 32.2. The topological polar surface area (TPSA) is 182 Å². The molecule has 0 aliphatic heterocycles. The lowest BCUT2D eigenvalue weighted by Gasteiger charge is -2.29. The quantitative estimate of drug-likeness (QED) is 0.0906. The van der Waals surface area contributed by atoms with Crippen LogP contribution in [0.5, 0.6) is 0 Å². The van der Waals surface area contributed by atoms with E-state index in [1.165, 1.54) is 39.5 Å². The van der Waals surface area contributed by atoms with Gasteiger partial charge in [0.15, 0.2) is 5.12 Å². The summed E-state index contributed by atoms with van der Waals surface area (Å²) in [6.45, 7) is 4.67. The summed E-state index contributed by atoms with van der Waals surface area (Å²) in [5.41, 5.74) is -1.26. The van der Waals surface area contributed by atoms with Gasteiger partial charge >= 0.3 is 7.82 Å². The number of thioether (sulfide) groups is 1. The van der Waals surface area contributed by atoms with E-state index in [1.807, 2.05) is 0 Å². The molecule has 2 atom stereocenters. The van der Waals surface area contributed by atoms with Crippen LogP contribution in [0.3, 0.4) is 0 Å². The van der Waals surface area contributed by atoms with Gasteiger partial charge in [-0.25, -0.2) is 4.57 Å². The number of carbonyl (C=O) groups excluding carboxylic acids is 3. The Morgan fingerprint density at radius 2 is 1.58 bits per heavy atom. The summed E-state index contributed by atoms with van der Waals surface area (Å²) >= 11 is 1.06. The van der Waals surface area contributed by atoms with Crippen LogP contribution in [0.2, 0.25) is 0 Å². The maximum Gasteiger partial charge on any atom is 0.469 e. The van der Waals surface area contributed by atoms with Crippen LogP contribution in [-0.2, 0) is 23.5 Å². The zero-order valence-corrected chi connectivity index (χ0v) is 23.5. The fourth-order valence-corrected chi connectivity index (χ4v) is 4.46. The Labute approximate surface area is 218 Å². The van der Waals surface area contributed by atoms with Crippen molar-refractivity contribution in [3.8, 4) is 0 Å². The van der Waals surface area contributed by atoms with Crippen LogP contribution >= 0.6 is 19.6 Å². The van der Waals surface area contributed by atoms with Gasteiger partial charge in [-0.2, -0.15) is 0 Å². The maximum absolute atomic E-state index is 12.1. The Bertz CT molecular complexity index is 703. The van der Waals surface area contributed by atoms with Crippen LogP contribution in [0.4, 0.5) is 0 Å². The third-order valence-corrected chi connectivity index (χ3v) is 6.84. The van der Waals surface area contributed by atoms with Gasteiger partial charge in [0.2, 0.25) is 11.8 Å². The first-order valence-corrected chi connectivity index (χ1v) is 15.1. The molecule has 0 fully saturated rings. The molecule has 0 aromatic rings. The van der Waals surface area contributed by atoms with Gasteiger partial charge in [0, 0.05) is 37.1 Å². The molecule has 212 valence electrons. The predicted octanol–water partition coefficient (Wildman–Crippen LogP) is 2.26. The summed E-state index contributed by atoms with van der Waals surface area (Å²) in [5, 5.41) is 25.0. The second kappa shape index (κ2) is 19.1. The summed E-state index contributed by atoms with van der Waals surface area (Å²) in [4.78, 5) is 53.4. The SMILES string of the molecule is CCCCCCCCC[C@H](O)CC(=O)SCCNC(=O)CCNC(=O)[C@@H](O)C(C)(C)COP(=O)(O)O. The standard InChI is InChI=1S/C23H45N2O9PS/c1-4-5-6-7-8-9-10-11-18(26)16-20(28)36-15-14-24-19(27)12-13-25-22(30)21(29)23(2,3)17-34-35(31,32)33/h18,21,26,29H,4-17H2,1-3H3,(H,24,27)(H,25,30)(H2,31,32,33)/t18-,21+/m0/s1. The molecule has 0 aliphatic carbocycles. The average Bonchev–Trinajstić information content (AvgIpc) is 2.79. The largest absolute Gasteiger partial charge is 0.469 e. The van der Waals surface area contributed by atoms with E-state index in [0.717, 1.165) is 31.0 Å². The number of unbranched alkanes of at least 4 members (excludes halogenated alkanes) is 6. The summed E-state index contributed by atoms with van der Waals surface area (Å²) in [5.74, 6) is -0.771. The highest BCUT2D eigenvalue weighted by Crippen LogP contribution is 2.38. The third-order valence-electron chi connectivity index (χ3n) is 5.48. The molecule has 0 saturated carbocycles. The van der Waals surface area contributed by atoms with Gasteiger partial charge in [-0.3, -0.25) is 18.9 Å². The molecule has 36 heavy (non-hydrogen) atoms. The van der Waals surface area contributed by atoms with Crippen molar-refractivity contribution in [1.29, 1.82) is 0 Å². The maximum atomic E-state index is 12.1. The first-order valence-electron chi connectivity index (χ1n) is 12.5. The zero-order valence-electron chi connectivity index (χ0n) is 21.7. The van der Waals surface area contributed by atoms with Gasteiger partial charge in [-0.15, -0.1) is 0 Å². The first kappa shape index (κ1) is 35.0. The molecule has 0 saturated heterocycles. The number of phosphoric acid groups is 1. The summed E-state index contributed by atoms with van der Waals surface area (Å²) in [7, 11) is -4.73. The van der Waals surface area contributed by atoms with E-state index in [1.54, 1.807) is 0 Å². The van der Waals surface area contributed by atoms with Crippen LogP contribution in [0, 0.1) is 5.41 Å². The minimum atomic E-state index is -4.73. The van der Waals surface area contributed by atoms with Gasteiger partial charge in [-0.05, 0) is 6.42 Å². The molecule has 11 nitrogen and oxygen atoms in total. The van der Waals surface area contributed by atoms with Crippen molar-refractivity contribution < 1.29 is 43.5 Å². The van der Waals surface area contributed by atoms with Crippen LogP contribution in [0.15, 0.2) is 0 Å². The molecule has 0 rings (SSSR count). The normalized spacial score (nSPS) is 13.8. The average molecular weight is 557 g/mol. The van der Waals surface area contributed by atoms with Crippen LogP contribution in [0.25, 0.3) is 0 Å². The Morgan fingerprint density at radius 1 is 0.972 bits per heavy atom. The highest BCUT2D eigenvalue weighted by molar-refractivity contribution is 8.13. The molecule has 0 unspecified atom stereocenters. The van der Waals surface area contributed by atoms with Crippen molar-refractivity contribution >= 4 is 36.5 Å². The molecule has 13 heteroatoms. The fraction of sp³-hybridized carbons (Fsp3) is 0.870. The Balaban J connectivity index is 3.92. The second-order valence-electron chi connectivity index (χ2n) is 9.53. The van der Waals surface area contributed by atoms with E-state index in [9.17, 15) is 29.2 Å². The molecule has 0 aliphatic rings. The molecule has 0 aromatic carbocycles. The lowest BCUT2D eigenvalue weighted by atomic mass is 9.87. The number of hydrogen-bond donors (Lipinski definition) is 6. The van der Waals surface area contributed by atoms with Crippen molar-refractivity contribution in [3.05, 3.63) is 0 Å². The van der Waals surface area contributed by atoms with Crippen LogP contribution in [-0.4, -0.2) is 74.6 Å². The summed E-state index contributed by atoms with van der Waals surface area (Å²) < 4.78 is 15.2. The zero-order chi connectivity index (χ0) is 27.6. The van der Waals surface area contributed by atoms with E-state index in [0.29, 0.717) is 12.2 Å². The number of nitrogens with one attached hydrogen (secondary N) is 2. The van der Waals surface area contributed by atoms with E-state index in [2.05, 4.69) is 22.1 Å². The molecule has 0 radical (unpaired) electrons. The Morgan fingerprint density at radius 3 is 2.19 bits per heavy atom. The molecule has 6 N–H and O–H groups in total. The molecular weight excluding hydrogens is 511 g/mol. The number of carbonyl (C=O) groups is 3. The van der Waals surface area contributed by atoms with E-state index >= 15 is 0 Å². The molecular formula is C23H45N2O9PS. The lowest BCUT2D eigenvalue weighted by Crippen LogP contribution is -2.46. The fourth-order valence-electron chi connectivity index (χ4n) is 3.21. The number of phosphoric ester groups is 1. The van der Waals surface area contributed by atoms with Crippen molar-refractivity contribution in [2.45, 2.75) is 97.2 Å². The number of hydrogen-bond acceptors (Lipinski definition) is 8. The highest BCUT2D eigenvalue weighted by Gasteiger charge is 2.35. The Hall–Kier alpha value is -1.01. The van der Waals surface area contributed by atoms with Crippen molar-refractivity contribution in [1.82, 2.24) is 10.6 Å². The van der Waals surface area contributed by atoms with Gasteiger partial charge < -0.3 is 30.6 Å². The molecule has 0 aromatic heterocycles. The minimum absolute atomic E-state index is 0.0476. The smallest absolute Gasteiger partial charge is 0.393 e. The van der Waals surface area contributed by atoms with Gasteiger partial charge in [0.05, 0.1) is 12.7 Å². The third kappa shape index (κ3) is 19.1. The van der Waals surface area contributed by atoms with E-state index in [4.69, 9.17) is 9.79 Å². The van der Waals surface area contributed by atoms with Gasteiger partial charge in [0.25, 0.3) is 0 Å². The van der Waals surface area contributed by atoms with Crippen LogP contribution < -0.4 is 10.6 Å². The van der Waals surface area contributed by atoms with Crippen molar-refractivity contribution in [2.75, 3.05) is 25.4 Å². The number of aliphatic hydroxyl groups is 2. The number of amides is 2. The van der Waals surface area contributed by atoms with Gasteiger partial charge in [-0.1, -0.05) is 77.5 Å². The minimum Gasteiger partial charge on any atom is -0.393 e. The predicted molar refractivity (Wildman–Crippen MR) is 139 cm³/mol. The first-order chi connectivity index (χ1) is 16.8. The van der Waals surface area contributed by atoms with Crippen molar-refractivity contribution in [2.24, 2.45) is 5.41 Å². The number of rotatable bonds is 21. The van der Waals surface area contributed by atoms with E-state index < -0.39 is 38.0 Å². The number of aliphatic hydroxyl groups excluding tert-OH is 2.